The Morgan fingerprint density at radius 3 is 3.33 bits per heavy atom. The zero-order chi connectivity index (χ0) is 9.30. The van der Waals surface area contributed by atoms with E-state index in [0.29, 0.717) is 0 Å². The Labute approximate surface area is 56.5 Å². The van der Waals surface area contributed by atoms with Crippen LogP contribution in [0, 0.1) is 0 Å². The molecule has 1 rings (SSSR count). The summed E-state index contributed by atoms with van der Waals surface area (Å²) >= 11 is 0. The first-order valence-corrected chi connectivity index (χ1v) is 2.32. The van der Waals surface area contributed by atoms with Crippen molar-refractivity contribution in [3.63, 3.8) is 0 Å². The van der Waals surface area contributed by atoms with Gasteiger partial charge in [-0.1, -0.05) is 0 Å². The zero-order valence-electron chi connectivity index (χ0n) is 7.82. The highest BCUT2D eigenvalue weighted by Crippen LogP contribution is 2.00. The second-order valence-corrected chi connectivity index (χ2v) is 1.36. The van der Waals surface area contributed by atoms with Gasteiger partial charge < -0.3 is 9.72 Å². The summed E-state index contributed by atoms with van der Waals surface area (Å²) < 4.78 is 26.1. The lowest BCUT2D eigenvalue weighted by atomic mass is 10.4. The SMILES string of the molecule is [2H]c1[nH]c(=O)c([2H])c(OC)c1[2H]. The minimum atomic E-state index is -0.715. The lowest BCUT2D eigenvalue weighted by Gasteiger charge is -1.93. The summed E-state index contributed by atoms with van der Waals surface area (Å²) in [7, 11) is 1.25. The third-order valence-corrected chi connectivity index (χ3v) is 0.783. The number of methoxy groups -OCH3 is 1. The third-order valence-electron chi connectivity index (χ3n) is 0.783. The Bertz CT molecular complexity index is 361. The van der Waals surface area contributed by atoms with Crippen molar-refractivity contribution in [2.45, 2.75) is 0 Å². The predicted molar refractivity (Wildman–Crippen MR) is 33.6 cm³/mol. The van der Waals surface area contributed by atoms with Gasteiger partial charge in [0, 0.05) is 12.2 Å². The van der Waals surface area contributed by atoms with Crippen LogP contribution < -0.4 is 10.3 Å². The number of H-pyrrole nitrogens is 1. The second kappa shape index (κ2) is 2.35. The molecular weight excluding hydrogens is 118 g/mol. The van der Waals surface area contributed by atoms with E-state index in [1.165, 1.54) is 7.11 Å². The van der Waals surface area contributed by atoms with Crippen molar-refractivity contribution in [3.8, 4) is 5.75 Å². The average Bonchev–Trinajstić information content (AvgIpc) is 2.02. The fourth-order valence-electron chi connectivity index (χ4n) is 0.412. The van der Waals surface area contributed by atoms with E-state index in [0.717, 1.165) is 0 Å². The van der Waals surface area contributed by atoms with Gasteiger partial charge in [-0.3, -0.25) is 4.79 Å². The molecule has 1 N–H and O–H groups in total. The molecule has 0 saturated heterocycles. The molecule has 48 valence electrons. The lowest BCUT2D eigenvalue weighted by molar-refractivity contribution is 0.413. The average molecular weight is 128 g/mol. The quantitative estimate of drug-likeness (QED) is 0.594. The van der Waals surface area contributed by atoms with Crippen LogP contribution in [0.5, 0.6) is 5.75 Å². The molecule has 0 bridgehead atoms. The van der Waals surface area contributed by atoms with Crippen LogP contribution in [-0.4, -0.2) is 12.1 Å². The van der Waals surface area contributed by atoms with Crippen molar-refractivity contribution in [2.75, 3.05) is 7.11 Å². The fraction of sp³-hybridized carbons (Fsp3) is 0.167. The number of aromatic amines is 1. The van der Waals surface area contributed by atoms with Crippen LogP contribution in [-0.2, 0) is 0 Å². The number of aromatic nitrogens is 1. The van der Waals surface area contributed by atoms with Gasteiger partial charge >= 0.3 is 0 Å². The standard InChI is InChI=1S/C6H7NO2/c1-9-5-2-3-7-6(8)4-5/h2-4H,1H3,(H,7,8)/i2D,3D,4D. The first-order valence-electron chi connectivity index (χ1n) is 3.82. The van der Waals surface area contributed by atoms with Gasteiger partial charge in [0.1, 0.15) is 5.75 Å². The first kappa shape index (κ1) is 3.06. The number of nitrogens with one attached hydrogen (secondary N) is 1. The highest BCUT2D eigenvalue weighted by Gasteiger charge is 1.86. The highest BCUT2D eigenvalue weighted by atomic mass is 16.5. The van der Waals surface area contributed by atoms with E-state index in [1.807, 2.05) is 4.98 Å². The van der Waals surface area contributed by atoms with Gasteiger partial charge in [0.05, 0.1) is 11.2 Å². The molecule has 1 aromatic heterocycles. The molecule has 3 heteroatoms. The Morgan fingerprint density at radius 2 is 2.67 bits per heavy atom. The maximum atomic E-state index is 10.8. The molecule has 3 nitrogen and oxygen atoms in total. The molecule has 1 heterocycles. The topological polar surface area (TPSA) is 42.1 Å². The van der Waals surface area contributed by atoms with Crippen molar-refractivity contribution in [3.05, 3.63) is 28.6 Å². The van der Waals surface area contributed by atoms with Crippen LogP contribution in [0.4, 0.5) is 0 Å². The monoisotopic (exact) mass is 128 g/mol. The zero-order valence-corrected chi connectivity index (χ0v) is 4.82. The molecule has 1 aromatic rings. The summed E-state index contributed by atoms with van der Waals surface area (Å²) in [5.41, 5.74) is -0.715. The van der Waals surface area contributed by atoms with Gasteiger partial charge in [-0.15, -0.1) is 0 Å². The maximum Gasteiger partial charge on any atom is 0.251 e. The molecule has 0 aliphatic rings. The van der Waals surface area contributed by atoms with Crippen LogP contribution in [0.2, 0.25) is 0 Å². The molecule has 0 atom stereocenters. The van der Waals surface area contributed by atoms with Gasteiger partial charge in [0.25, 0.3) is 5.56 Å². The molecule has 0 spiro atoms. The maximum absolute atomic E-state index is 10.8. The van der Waals surface area contributed by atoms with E-state index in [2.05, 4.69) is 4.74 Å². The van der Waals surface area contributed by atoms with Crippen LogP contribution >= 0.6 is 0 Å². The van der Waals surface area contributed by atoms with Crippen molar-refractivity contribution in [1.82, 2.24) is 4.98 Å². The van der Waals surface area contributed by atoms with E-state index in [4.69, 9.17) is 4.11 Å². The molecule has 0 fully saturated rings. The minimum Gasteiger partial charge on any atom is -0.497 e. The number of pyridine rings is 1. The number of rotatable bonds is 1. The summed E-state index contributed by atoms with van der Waals surface area (Å²) in [5, 5.41) is 0. The molecule has 0 aliphatic heterocycles. The Kier molecular flexibility index (Phi) is 0.797. The second-order valence-electron chi connectivity index (χ2n) is 1.36. The van der Waals surface area contributed by atoms with E-state index < -0.39 is 11.6 Å². The van der Waals surface area contributed by atoms with Gasteiger partial charge in [-0.05, 0) is 6.04 Å². The van der Waals surface area contributed by atoms with Gasteiger partial charge in [-0.2, -0.15) is 0 Å². The Balaban J connectivity index is 3.53. The molecule has 0 aromatic carbocycles. The number of hydrogen-bond donors (Lipinski definition) is 1. The van der Waals surface area contributed by atoms with Crippen molar-refractivity contribution in [1.29, 1.82) is 0 Å². The molecule has 0 radical (unpaired) electrons. The van der Waals surface area contributed by atoms with Crippen molar-refractivity contribution in [2.24, 2.45) is 0 Å². The third kappa shape index (κ3) is 1.32. The normalized spacial score (nSPS) is 13.7. The van der Waals surface area contributed by atoms with E-state index in [9.17, 15) is 4.79 Å². The van der Waals surface area contributed by atoms with Crippen LogP contribution in [0.1, 0.15) is 4.11 Å². The smallest absolute Gasteiger partial charge is 0.251 e. The van der Waals surface area contributed by atoms with E-state index in [1.54, 1.807) is 0 Å². The molecule has 9 heavy (non-hydrogen) atoms. The molecule has 0 aliphatic carbocycles. The summed E-state index contributed by atoms with van der Waals surface area (Å²) in [6.07, 6.45) is -0.340. The number of hydrogen-bond acceptors (Lipinski definition) is 2. The molecule has 0 unspecified atom stereocenters. The highest BCUT2D eigenvalue weighted by molar-refractivity contribution is 5.16. The van der Waals surface area contributed by atoms with E-state index in [-0.39, 0.29) is 18.0 Å². The molecule has 0 saturated carbocycles. The largest absolute Gasteiger partial charge is 0.497 e. The van der Waals surface area contributed by atoms with Gasteiger partial charge in [-0.25, -0.2) is 0 Å². The number of ether oxygens (including phenoxy) is 1. The van der Waals surface area contributed by atoms with Crippen LogP contribution in [0.15, 0.2) is 23.1 Å². The van der Waals surface area contributed by atoms with Crippen molar-refractivity contribution < 1.29 is 8.85 Å². The predicted octanol–water partition coefficient (Wildman–Crippen LogP) is 0.384. The van der Waals surface area contributed by atoms with E-state index >= 15 is 0 Å². The molecular formula is C6H7NO2. The minimum absolute atomic E-state index is 0.163. The van der Waals surface area contributed by atoms with Crippen LogP contribution in [0.3, 0.4) is 0 Å². The van der Waals surface area contributed by atoms with Crippen LogP contribution in [0.25, 0.3) is 0 Å². The lowest BCUT2D eigenvalue weighted by Crippen LogP contribution is -2.01. The van der Waals surface area contributed by atoms with Gasteiger partial charge in [0.15, 0.2) is 0 Å². The summed E-state index contributed by atoms with van der Waals surface area (Å²) in [5.74, 6) is -0.163. The van der Waals surface area contributed by atoms with Crippen molar-refractivity contribution >= 4 is 0 Å². The Hall–Kier alpha value is -1.25. The Morgan fingerprint density at radius 1 is 1.89 bits per heavy atom. The fourth-order valence-corrected chi connectivity index (χ4v) is 0.412. The first-order chi connectivity index (χ1) is 5.57. The summed E-state index contributed by atoms with van der Waals surface area (Å²) in [6.45, 7) is 0. The molecule has 0 amide bonds. The summed E-state index contributed by atoms with van der Waals surface area (Å²) in [4.78, 5) is 12.9. The summed E-state index contributed by atoms with van der Waals surface area (Å²) in [6, 6.07) is -0.694. The van der Waals surface area contributed by atoms with Gasteiger partial charge in [0.2, 0.25) is 0 Å².